The molecule has 9 aromatic carbocycles. The molecule has 0 aromatic heterocycles. The molecule has 52 heavy (non-hydrogen) atoms. The number of hydrogen-bond donors (Lipinski definition) is 0. The monoisotopic (exact) mass is 661 g/mol. The van der Waals surface area contributed by atoms with Crippen LogP contribution in [0.2, 0.25) is 0 Å². The fourth-order valence-electron chi connectivity index (χ4n) is 9.61. The van der Waals surface area contributed by atoms with Crippen LogP contribution in [0.25, 0.3) is 54.6 Å². The third-order valence-corrected chi connectivity index (χ3v) is 11.7. The van der Waals surface area contributed by atoms with Gasteiger partial charge >= 0.3 is 0 Å². The van der Waals surface area contributed by atoms with E-state index in [-0.39, 0.29) is 5.41 Å². The zero-order chi connectivity index (χ0) is 34.2. The van der Waals surface area contributed by atoms with Gasteiger partial charge in [0.25, 0.3) is 0 Å². The molecule has 0 atom stereocenters. The Labute approximate surface area is 304 Å². The lowest BCUT2D eigenvalue weighted by Gasteiger charge is -2.31. The molecule has 0 amide bonds. The molecule has 9 aromatic rings. The summed E-state index contributed by atoms with van der Waals surface area (Å²) >= 11 is 0. The largest absolute Gasteiger partial charge is 0.363 e. The Morgan fingerprint density at radius 2 is 0.712 bits per heavy atom. The van der Waals surface area contributed by atoms with E-state index < -0.39 is 0 Å². The molecule has 0 heterocycles. The second kappa shape index (κ2) is 11.3. The minimum Gasteiger partial charge on any atom is -0.363 e. The lowest BCUT2D eigenvalue weighted by Crippen LogP contribution is -2.26. The molecule has 2 aliphatic rings. The molecular weight excluding hydrogens is 627 g/mol. The van der Waals surface area contributed by atoms with E-state index in [1.807, 2.05) is 0 Å². The minimum atomic E-state index is -0.338. The second-order valence-corrected chi connectivity index (χ2v) is 14.4. The Morgan fingerprint density at radius 1 is 0.308 bits per heavy atom. The topological polar surface area (TPSA) is 3.24 Å². The molecule has 1 spiro atoms. The first-order valence-corrected chi connectivity index (χ1v) is 18.3. The number of benzene rings is 9. The normalized spacial score (nSPS) is 13.3. The first-order valence-electron chi connectivity index (χ1n) is 18.3. The van der Waals surface area contributed by atoms with Gasteiger partial charge in [-0.15, -0.1) is 0 Å². The van der Waals surface area contributed by atoms with Gasteiger partial charge in [-0.2, -0.15) is 0 Å². The average Bonchev–Trinajstić information content (AvgIpc) is 3.68. The van der Waals surface area contributed by atoms with Gasteiger partial charge in [-0.25, -0.2) is 0 Å². The number of fused-ring (bicyclic) bond motifs is 16. The Kier molecular flexibility index (Phi) is 6.36. The average molecular weight is 662 g/mol. The van der Waals surface area contributed by atoms with Crippen LogP contribution in [0.3, 0.4) is 0 Å². The molecule has 0 saturated heterocycles. The highest BCUT2D eigenvalue weighted by atomic mass is 15.1. The molecule has 0 aliphatic heterocycles. The third kappa shape index (κ3) is 4.11. The van der Waals surface area contributed by atoms with Crippen molar-refractivity contribution in [2.45, 2.75) is 18.5 Å². The van der Waals surface area contributed by atoms with Crippen molar-refractivity contribution in [3.8, 4) is 22.3 Å². The number of hydrogen-bond acceptors (Lipinski definition) is 1. The van der Waals surface area contributed by atoms with Crippen LogP contribution in [0.5, 0.6) is 0 Å². The van der Waals surface area contributed by atoms with Gasteiger partial charge in [-0.1, -0.05) is 170 Å². The van der Waals surface area contributed by atoms with Gasteiger partial charge in [0.2, 0.25) is 0 Å². The van der Waals surface area contributed by atoms with Crippen molar-refractivity contribution in [2.75, 3.05) is 4.90 Å². The molecule has 0 bridgehead atoms. The van der Waals surface area contributed by atoms with Gasteiger partial charge in [-0.3, -0.25) is 0 Å². The van der Waals surface area contributed by atoms with Crippen molar-refractivity contribution < 1.29 is 0 Å². The van der Waals surface area contributed by atoms with E-state index in [2.05, 4.69) is 193 Å². The standard InChI is InChI=1S/C51H35N/c1-2-14-36(15-3-1)52(32-34-26-28-41-39-18-5-4-16-37(39)38-17-6-7-19-40(38)46(41)30-34)33-35-27-29-45-44-22-10-13-25-49(44)51(50(45)31-35)47-23-11-8-20-42(47)43-21-9-12-24-48(43)51/h1-31H,32-33H2. The van der Waals surface area contributed by atoms with E-state index in [4.69, 9.17) is 0 Å². The quantitative estimate of drug-likeness (QED) is 0.166. The van der Waals surface area contributed by atoms with Crippen molar-refractivity contribution >= 4 is 38.0 Å². The Hall–Kier alpha value is -6.44. The Morgan fingerprint density at radius 3 is 1.27 bits per heavy atom. The van der Waals surface area contributed by atoms with E-state index in [0.29, 0.717) is 0 Å². The van der Waals surface area contributed by atoms with Crippen molar-refractivity contribution in [3.63, 3.8) is 0 Å². The molecule has 11 rings (SSSR count). The number of rotatable bonds is 5. The molecule has 0 radical (unpaired) electrons. The zero-order valence-electron chi connectivity index (χ0n) is 28.8. The molecule has 0 unspecified atom stereocenters. The molecular formula is C51H35N. The first-order chi connectivity index (χ1) is 25.8. The summed E-state index contributed by atoms with van der Waals surface area (Å²) in [6.07, 6.45) is 0. The Balaban J connectivity index is 1.05. The molecule has 0 fully saturated rings. The van der Waals surface area contributed by atoms with Gasteiger partial charge in [0.1, 0.15) is 0 Å². The predicted molar refractivity (Wildman–Crippen MR) is 218 cm³/mol. The van der Waals surface area contributed by atoms with E-state index in [9.17, 15) is 0 Å². The van der Waals surface area contributed by atoms with Gasteiger partial charge in [-0.05, 0) is 106 Å². The molecule has 1 heteroatoms. The van der Waals surface area contributed by atoms with Gasteiger partial charge in [0.05, 0.1) is 5.41 Å². The van der Waals surface area contributed by atoms with Crippen LogP contribution in [-0.4, -0.2) is 0 Å². The van der Waals surface area contributed by atoms with Crippen molar-refractivity contribution in [1.82, 2.24) is 0 Å². The van der Waals surface area contributed by atoms with E-state index in [1.165, 1.54) is 93.6 Å². The summed E-state index contributed by atoms with van der Waals surface area (Å²) in [7, 11) is 0. The SMILES string of the molecule is c1ccc(N(Cc2ccc3c(c2)C2(c4ccccc4-c4ccccc42)c2ccccc2-3)Cc2ccc3c4ccccc4c4ccccc4c3c2)cc1. The van der Waals surface area contributed by atoms with Crippen LogP contribution in [0.1, 0.15) is 33.4 Å². The molecule has 244 valence electrons. The smallest absolute Gasteiger partial charge is 0.0725 e. The summed E-state index contributed by atoms with van der Waals surface area (Å²) < 4.78 is 0. The fourth-order valence-corrected chi connectivity index (χ4v) is 9.61. The maximum Gasteiger partial charge on any atom is 0.0725 e. The zero-order valence-corrected chi connectivity index (χ0v) is 28.8. The number of anilines is 1. The fraction of sp³-hybridized carbons (Fsp3) is 0.0588. The lowest BCUT2D eigenvalue weighted by atomic mass is 9.70. The Bertz CT molecular complexity index is 2770. The highest BCUT2D eigenvalue weighted by Crippen LogP contribution is 2.62. The van der Waals surface area contributed by atoms with Crippen LogP contribution < -0.4 is 4.90 Å². The van der Waals surface area contributed by atoms with E-state index in [1.54, 1.807) is 0 Å². The second-order valence-electron chi connectivity index (χ2n) is 14.4. The highest BCUT2D eigenvalue weighted by molar-refractivity contribution is 6.25. The molecule has 0 saturated carbocycles. The maximum atomic E-state index is 2.54. The number of nitrogens with zero attached hydrogens (tertiary/aromatic N) is 1. The van der Waals surface area contributed by atoms with Crippen LogP contribution in [0.15, 0.2) is 188 Å². The molecule has 1 nitrogen and oxygen atoms in total. The third-order valence-electron chi connectivity index (χ3n) is 11.7. The van der Waals surface area contributed by atoms with Crippen LogP contribution in [-0.2, 0) is 18.5 Å². The summed E-state index contributed by atoms with van der Waals surface area (Å²) in [6, 6.07) is 70.2. The van der Waals surface area contributed by atoms with Crippen molar-refractivity contribution in [2.24, 2.45) is 0 Å². The maximum absolute atomic E-state index is 2.54. The molecule has 2 aliphatic carbocycles. The van der Waals surface area contributed by atoms with Gasteiger partial charge < -0.3 is 4.90 Å². The predicted octanol–water partition coefficient (Wildman–Crippen LogP) is 12.7. The van der Waals surface area contributed by atoms with Crippen molar-refractivity contribution in [1.29, 1.82) is 0 Å². The van der Waals surface area contributed by atoms with Gasteiger partial charge in [0.15, 0.2) is 0 Å². The summed E-state index contributed by atoms with van der Waals surface area (Å²) in [5.41, 5.74) is 14.4. The number of para-hydroxylation sites is 1. The highest BCUT2D eigenvalue weighted by Gasteiger charge is 2.51. The van der Waals surface area contributed by atoms with Crippen molar-refractivity contribution in [3.05, 3.63) is 221 Å². The summed E-state index contributed by atoms with van der Waals surface area (Å²) in [4.78, 5) is 2.54. The van der Waals surface area contributed by atoms with Crippen LogP contribution in [0, 0.1) is 0 Å². The minimum absolute atomic E-state index is 0.338. The van der Waals surface area contributed by atoms with Gasteiger partial charge in [0, 0.05) is 18.8 Å². The van der Waals surface area contributed by atoms with Crippen LogP contribution >= 0.6 is 0 Å². The summed E-state index contributed by atoms with van der Waals surface area (Å²) in [6.45, 7) is 1.60. The summed E-state index contributed by atoms with van der Waals surface area (Å²) in [5, 5.41) is 7.87. The lowest BCUT2D eigenvalue weighted by molar-refractivity contribution is 0.777. The van der Waals surface area contributed by atoms with Crippen LogP contribution in [0.4, 0.5) is 5.69 Å². The molecule has 0 N–H and O–H groups in total. The van der Waals surface area contributed by atoms with E-state index >= 15 is 0 Å². The first kappa shape index (κ1) is 29.3. The van der Waals surface area contributed by atoms with E-state index in [0.717, 1.165) is 13.1 Å². The summed E-state index contributed by atoms with van der Waals surface area (Å²) in [5.74, 6) is 0.